The van der Waals surface area contributed by atoms with Crippen molar-refractivity contribution in [2.24, 2.45) is 0 Å². The Morgan fingerprint density at radius 2 is 1.82 bits per heavy atom. The Morgan fingerprint density at radius 3 is 2.50 bits per heavy atom. The van der Waals surface area contributed by atoms with Gasteiger partial charge in [0, 0.05) is 6.54 Å². The van der Waals surface area contributed by atoms with Gasteiger partial charge in [0.15, 0.2) is 11.6 Å². The molecular weight excluding hydrogens is 352 g/mol. The first kappa shape index (κ1) is 21.8. The summed E-state index contributed by atoms with van der Waals surface area (Å²) < 4.78 is 11.5. The molecule has 0 atom stereocenters. The number of hydrogen-bond donors (Lipinski definition) is 2. The highest BCUT2D eigenvalue weighted by molar-refractivity contribution is 5.51. The SMILES string of the molecule is CCCCNc1nc(N)ncc1OCCCc1ccc(OC)c(CC)c1CC. The standard InChI is InChI=1S/C22H34N4O2/c1-5-8-13-24-21-20(15-25-22(23)26-21)28-14-9-10-16-11-12-19(27-4)18(7-3)17(16)6-2/h11-12,15H,5-10,13-14H2,1-4H3,(H3,23,24,25,26). The lowest BCUT2D eigenvalue weighted by Crippen LogP contribution is -2.10. The second-order valence-corrected chi connectivity index (χ2v) is 6.76. The molecule has 1 aromatic carbocycles. The zero-order chi connectivity index (χ0) is 20.4. The Hall–Kier alpha value is -2.50. The van der Waals surface area contributed by atoms with Crippen LogP contribution >= 0.6 is 0 Å². The molecule has 6 nitrogen and oxygen atoms in total. The number of unbranched alkanes of at least 4 members (excludes halogenated alkanes) is 1. The number of nitrogens with one attached hydrogen (secondary N) is 1. The van der Waals surface area contributed by atoms with Crippen LogP contribution in [0.4, 0.5) is 11.8 Å². The third-order valence-corrected chi connectivity index (χ3v) is 4.86. The van der Waals surface area contributed by atoms with Crippen molar-refractivity contribution in [3.05, 3.63) is 35.0 Å². The predicted octanol–water partition coefficient (Wildman–Crippen LogP) is 4.42. The monoisotopic (exact) mass is 386 g/mol. The molecule has 0 aliphatic carbocycles. The molecule has 6 heteroatoms. The Morgan fingerprint density at radius 1 is 1.04 bits per heavy atom. The lowest BCUT2D eigenvalue weighted by molar-refractivity contribution is 0.310. The van der Waals surface area contributed by atoms with Crippen LogP contribution in [0, 0.1) is 0 Å². The number of aromatic nitrogens is 2. The van der Waals surface area contributed by atoms with Gasteiger partial charge in [-0.1, -0.05) is 33.3 Å². The minimum Gasteiger partial charge on any atom is -0.496 e. The van der Waals surface area contributed by atoms with Crippen molar-refractivity contribution in [1.82, 2.24) is 9.97 Å². The van der Waals surface area contributed by atoms with E-state index in [1.54, 1.807) is 13.3 Å². The topological polar surface area (TPSA) is 82.3 Å². The summed E-state index contributed by atoms with van der Waals surface area (Å²) in [6, 6.07) is 4.26. The molecule has 0 spiro atoms. The summed E-state index contributed by atoms with van der Waals surface area (Å²) in [6.07, 6.45) is 7.71. The van der Waals surface area contributed by atoms with E-state index in [9.17, 15) is 0 Å². The average molecular weight is 387 g/mol. The first-order chi connectivity index (χ1) is 13.6. The minimum absolute atomic E-state index is 0.254. The quantitative estimate of drug-likeness (QED) is 0.526. The van der Waals surface area contributed by atoms with Crippen molar-refractivity contribution in [3.63, 3.8) is 0 Å². The molecule has 0 unspecified atom stereocenters. The molecule has 3 N–H and O–H groups in total. The van der Waals surface area contributed by atoms with E-state index in [0.29, 0.717) is 18.2 Å². The Bertz CT molecular complexity index is 750. The van der Waals surface area contributed by atoms with Crippen LogP contribution in [0.5, 0.6) is 11.5 Å². The van der Waals surface area contributed by atoms with Gasteiger partial charge in [-0.3, -0.25) is 0 Å². The van der Waals surface area contributed by atoms with E-state index in [2.05, 4.69) is 48.2 Å². The molecule has 2 aromatic rings. The lowest BCUT2D eigenvalue weighted by atomic mass is 9.93. The van der Waals surface area contributed by atoms with Gasteiger partial charge in [-0.05, 0) is 54.9 Å². The van der Waals surface area contributed by atoms with E-state index < -0.39 is 0 Å². The number of nitrogen functional groups attached to an aromatic ring is 1. The molecule has 0 amide bonds. The predicted molar refractivity (Wildman–Crippen MR) is 115 cm³/mol. The van der Waals surface area contributed by atoms with Crippen molar-refractivity contribution in [3.8, 4) is 11.5 Å². The van der Waals surface area contributed by atoms with Gasteiger partial charge in [0.1, 0.15) is 5.75 Å². The zero-order valence-corrected chi connectivity index (χ0v) is 17.7. The highest BCUT2D eigenvalue weighted by Gasteiger charge is 2.12. The Kier molecular flexibility index (Phi) is 8.85. The summed E-state index contributed by atoms with van der Waals surface area (Å²) in [7, 11) is 1.74. The van der Waals surface area contributed by atoms with Crippen molar-refractivity contribution < 1.29 is 9.47 Å². The van der Waals surface area contributed by atoms with Gasteiger partial charge in [0.25, 0.3) is 0 Å². The summed E-state index contributed by atoms with van der Waals surface area (Å²) in [6.45, 7) is 7.98. The van der Waals surface area contributed by atoms with Gasteiger partial charge in [0.05, 0.1) is 19.9 Å². The van der Waals surface area contributed by atoms with Crippen LogP contribution in [0.2, 0.25) is 0 Å². The summed E-state index contributed by atoms with van der Waals surface area (Å²) in [5.74, 6) is 2.57. The largest absolute Gasteiger partial charge is 0.496 e. The maximum Gasteiger partial charge on any atom is 0.222 e. The van der Waals surface area contributed by atoms with E-state index in [1.807, 2.05) is 0 Å². The van der Waals surface area contributed by atoms with Crippen molar-refractivity contribution >= 4 is 11.8 Å². The number of rotatable bonds is 12. The second kappa shape index (κ2) is 11.4. The van der Waals surface area contributed by atoms with Crippen LogP contribution in [-0.4, -0.2) is 30.2 Å². The van der Waals surface area contributed by atoms with Crippen LogP contribution in [0.25, 0.3) is 0 Å². The second-order valence-electron chi connectivity index (χ2n) is 6.76. The molecule has 0 saturated carbocycles. The minimum atomic E-state index is 0.254. The molecule has 0 saturated heterocycles. The average Bonchev–Trinajstić information content (AvgIpc) is 2.71. The lowest BCUT2D eigenvalue weighted by Gasteiger charge is -2.17. The van der Waals surface area contributed by atoms with Crippen molar-refractivity contribution in [2.75, 3.05) is 31.3 Å². The Labute approximate surface area is 168 Å². The molecule has 1 heterocycles. The Balaban J connectivity index is 1.98. The van der Waals surface area contributed by atoms with E-state index in [-0.39, 0.29) is 5.95 Å². The van der Waals surface area contributed by atoms with Crippen molar-refractivity contribution in [2.45, 2.75) is 59.3 Å². The smallest absolute Gasteiger partial charge is 0.222 e. The van der Waals surface area contributed by atoms with Crippen LogP contribution in [-0.2, 0) is 19.3 Å². The van der Waals surface area contributed by atoms with Gasteiger partial charge in [-0.15, -0.1) is 0 Å². The number of nitrogens with zero attached hydrogens (tertiary/aromatic N) is 2. The normalized spacial score (nSPS) is 10.7. The maximum atomic E-state index is 5.95. The molecule has 1 aromatic heterocycles. The van der Waals surface area contributed by atoms with E-state index in [1.165, 1.54) is 16.7 Å². The number of methoxy groups -OCH3 is 1. The highest BCUT2D eigenvalue weighted by Crippen LogP contribution is 2.28. The molecule has 0 aliphatic rings. The number of hydrogen-bond acceptors (Lipinski definition) is 6. The summed E-state index contributed by atoms with van der Waals surface area (Å²) >= 11 is 0. The summed E-state index contributed by atoms with van der Waals surface area (Å²) in [5, 5.41) is 3.29. The maximum absolute atomic E-state index is 5.95. The number of aryl methyl sites for hydroxylation is 1. The van der Waals surface area contributed by atoms with Crippen molar-refractivity contribution in [1.29, 1.82) is 0 Å². The molecular formula is C22H34N4O2. The molecule has 28 heavy (non-hydrogen) atoms. The van der Waals surface area contributed by atoms with Crippen LogP contribution in [0.3, 0.4) is 0 Å². The first-order valence-electron chi connectivity index (χ1n) is 10.3. The van der Waals surface area contributed by atoms with E-state index in [4.69, 9.17) is 15.2 Å². The molecule has 0 bridgehead atoms. The van der Waals surface area contributed by atoms with Crippen LogP contribution in [0.15, 0.2) is 18.3 Å². The van der Waals surface area contributed by atoms with Gasteiger partial charge < -0.3 is 20.5 Å². The number of nitrogens with two attached hydrogens (primary N) is 1. The summed E-state index contributed by atoms with van der Waals surface area (Å²) in [4.78, 5) is 8.33. The number of anilines is 2. The molecule has 2 rings (SSSR count). The third kappa shape index (κ3) is 5.75. The van der Waals surface area contributed by atoms with Gasteiger partial charge in [-0.2, -0.15) is 4.98 Å². The molecule has 0 radical (unpaired) electrons. The number of benzene rings is 1. The third-order valence-electron chi connectivity index (χ3n) is 4.86. The summed E-state index contributed by atoms with van der Waals surface area (Å²) in [5.41, 5.74) is 9.81. The fraction of sp³-hybridized carbons (Fsp3) is 0.545. The van der Waals surface area contributed by atoms with E-state index in [0.717, 1.165) is 50.8 Å². The van der Waals surface area contributed by atoms with Gasteiger partial charge in [0.2, 0.25) is 5.95 Å². The molecule has 154 valence electrons. The molecule has 0 fully saturated rings. The van der Waals surface area contributed by atoms with Gasteiger partial charge in [-0.25, -0.2) is 4.98 Å². The number of ether oxygens (including phenoxy) is 2. The van der Waals surface area contributed by atoms with E-state index >= 15 is 0 Å². The van der Waals surface area contributed by atoms with Crippen LogP contribution in [0.1, 0.15) is 56.7 Å². The molecule has 0 aliphatic heterocycles. The first-order valence-corrected chi connectivity index (χ1v) is 10.3. The fourth-order valence-corrected chi connectivity index (χ4v) is 3.42. The van der Waals surface area contributed by atoms with Crippen LogP contribution < -0.4 is 20.5 Å². The van der Waals surface area contributed by atoms with Gasteiger partial charge >= 0.3 is 0 Å². The zero-order valence-electron chi connectivity index (χ0n) is 17.7. The fourth-order valence-electron chi connectivity index (χ4n) is 3.42. The highest BCUT2D eigenvalue weighted by atomic mass is 16.5.